The van der Waals surface area contributed by atoms with E-state index in [1.165, 1.54) is 0 Å². The summed E-state index contributed by atoms with van der Waals surface area (Å²) in [6.45, 7) is 1.88. The van der Waals surface area contributed by atoms with Crippen LogP contribution in [0.1, 0.15) is 5.69 Å². The lowest BCUT2D eigenvalue weighted by molar-refractivity contribution is 0.324. The average Bonchev–Trinajstić information content (AvgIpc) is 3.16. The Labute approximate surface area is 150 Å². The predicted octanol–water partition coefficient (Wildman–Crippen LogP) is 3.14. The number of hydrogen-bond donors (Lipinski definition) is 0. The van der Waals surface area contributed by atoms with Gasteiger partial charge in [-0.2, -0.15) is 4.98 Å². The second-order valence-electron chi connectivity index (χ2n) is 5.35. The van der Waals surface area contributed by atoms with Crippen molar-refractivity contribution < 1.29 is 23.5 Å². The summed E-state index contributed by atoms with van der Waals surface area (Å²) in [5.41, 5.74) is 2.11. The third-order valence-corrected chi connectivity index (χ3v) is 3.77. The Kier molecular flexibility index (Phi) is 4.92. The van der Waals surface area contributed by atoms with E-state index < -0.39 is 0 Å². The molecule has 2 heterocycles. The van der Waals surface area contributed by atoms with E-state index >= 15 is 0 Å². The fraction of sp³-hybridized carbons (Fsp3) is 0.278. The molecular formula is C18H19N3O5. The van der Waals surface area contributed by atoms with E-state index in [0.717, 1.165) is 5.69 Å². The summed E-state index contributed by atoms with van der Waals surface area (Å²) in [5, 5.41) is 4.04. The molecule has 3 rings (SSSR count). The highest BCUT2D eigenvalue weighted by Gasteiger charge is 2.19. The maximum Gasteiger partial charge on any atom is 0.258 e. The minimum absolute atomic E-state index is 0.307. The maximum atomic E-state index is 5.41. The van der Waals surface area contributed by atoms with Gasteiger partial charge in [-0.05, 0) is 31.2 Å². The van der Waals surface area contributed by atoms with E-state index in [1.807, 2.05) is 19.1 Å². The molecule has 0 unspecified atom stereocenters. The van der Waals surface area contributed by atoms with Gasteiger partial charge in [0.05, 0.1) is 34.0 Å². The van der Waals surface area contributed by atoms with Crippen LogP contribution in [0, 0.1) is 6.92 Å². The maximum absolute atomic E-state index is 5.41. The smallest absolute Gasteiger partial charge is 0.258 e. The molecule has 2 aromatic heterocycles. The molecule has 8 nitrogen and oxygen atoms in total. The SMILES string of the molecule is COc1cc(-c2nc(-c3ccc(C)nc3OC)no2)cc(OC)c1OC. The van der Waals surface area contributed by atoms with Crippen LogP contribution in [0.4, 0.5) is 0 Å². The van der Waals surface area contributed by atoms with Crippen molar-refractivity contribution in [3.8, 4) is 46.0 Å². The summed E-state index contributed by atoms with van der Waals surface area (Å²) in [4.78, 5) is 8.77. The Morgan fingerprint density at radius 1 is 0.846 bits per heavy atom. The van der Waals surface area contributed by atoms with Crippen LogP contribution in [0.5, 0.6) is 23.1 Å². The van der Waals surface area contributed by atoms with E-state index in [1.54, 1.807) is 40.6 Å². The molecule has 26 heavy (non-hydrogen) atoms. The Hall–Kier alpha value is -3.29. The van der Waals surface area contributed by atoms with Gasteiger partial charge in [0.15, 0.2) is 11.5 Å². The normalized spacial score (nSPS) is 10.5. The number of hydrogen-bond acceptors (Lipinski definition) is 8. The molecular weight excluding hydrogens is 338 g/mol. The predicted molar refractivity (Wildman–Crippen MR) is 93.9 cm³/mol. The zero-order valence-corrected chi connectivity index (χ0v) is 15.2. The van der Waals surface area contributed by atoms with Crippen LogP contribution in [0.3, 0.4) is 0 Å². The van der Waals surface area contributed by atoms with Crippen molar-refractivity contribution in [2.75, 3.05) is 28.4 Å². The van der Waals surface area contributed by atoms with Crippen LogP contribution in [0.15, 0.2) is 28.8 Å². The lowest BCUT2D eigenvalue weighted by Gasteiger charge is -2.12. The quantitative estimate of drug-likeness (QED) is 0.665. The minimum Gasteiger partial charge on any atom is -0.493 e. The van der Waals surface area contributed by atoms with E-state index in [-0.39, 0.29) is 0 Å². The van der Waals surface area contributed by atoms with E-state index in [2.05, 4.69) is 15.1 Å². The molecule has 8 heteroatoms. The first-order chi connectivity index (χ1) is 12.6. The molecule has 136 valence electrons. The molecule has 0 amide bonds. The van der Waals surface area contributed by atoms with Crippen molar-refractivity contribution in [2.24, 2.45) is 0 Å². The van der Waals surface area contributed by atoms with Crippen molar-refractivity contribution in [1.29, 1.82) is 0 Å². The number of aromatic nitrogens is 3. The third-order valence-electron chi connectivity index (χ3n) is 3.77. The summed E-state index contributed by atoms with van der Waals surface area (Å²) in [5.74, 6) is 2.59. The van der Waals surface area contributed by atoms with Crippen LogP contribution in [0.25, 0.3) is 22.8 Å². The molecule has 1 aromatic carbocycles. The zero-order valence-electron chi connectivity index (χ0n) is 15.2. The van der Waals surface area contributed by atoms with E-state index in [0.29, 0.717) is 46.0 Å². The molecule has 0 spiro atoms. The highest BCUT2D eigenvalue weighted by molar-refractivity contribution is 5.68. The number of ether oxygens (including phenoxy) is 4. The Morgan fingerprint density at radius 3 is 2.12 bits per heavy atom. The molecule has 0 aliphatic carbocycles. The van der Waals surface area contributed by atoms with Gasteiger partial charge in [-0.1, -0.05) is 5.16 Å². The number of nitrogens with zero attached hydrogens (tertiary/aromatic N) is 3. The first-order valence-corrected chi connectivity index (χ1v) is 7.77. The van der Waals surface area contributed by atoms with Crippen molar-refractivity contribution in [3.63, 3.8) is 0 Å². The monoisotopic (exact) mass is 357 g/mol. The van der Waals surface area contributed by atoms with E-state index in [9.17, 15) is 0 Å². The molecule has 0 fully saturated rings. The summed E-state index contributed by atoms with van der Waals surface area (Å²) >= 11 is 0. The van der Waals surface area contributed by atoms with Gasteiger partial charge in [-0.3, -0.25) is 0 Å². The molecule has 0 bridgehead atoms. The largest absolute Gasteiger partial charge is 0.493 e. The summed E-state index contributed by atoms with van der Waals surface area (Å²) in [6.07, 6.45) is 0. The first kappa shape index (κ1) is 17.5. The fourth-order valence-corrected chi connectivity index (χ4v) is 2.51. The highest BCUT2D eigenvalue weighted by atomic mass is 16.5. The molecule has 0 saturated carbocycles. The average molecular weight is 357 g/mol. The first-order valence-electron chi connectivity index (χ1n) is 7.77. The van der Waals surface area contributed by atoms with Gasteiger partial charge in [0.2, 0.25) is 17.5 Å². The minimum atomic E-state index is 0.307. The number of methoxy groups -OCH3 is 4. The topological polar surface area (TPSA) is 88.7 Å². The molecule has 0 aliphatic rings. The fourth-order valence-electron chi connectivity index (χ4n) is 2.51. The van der Waals surface area contributed by atoms with E-state index in [4.69, 9.17) is 23.5 Å². The van der Waals surface area contributed by atoms with Crippen molar-refractivity contribution in [3.05, 3.63) is 30.0 Å². The van der Waals surface area contributed by atoms with Gasteiger partial charge < -0.3 is 23.5 Å². The Morgan fingerprint density at radius 2 is 1.54 bits per heavy atom. The zero-order chi connectivity index (χ0) is 18.7. The van der Waals surface area contributed by atoms with Crippen LogP contribution < -0.4 is 18.9 Å². The van der Waals surface area contributed by atoms with Crippen molar-refractivity contribution in [1.82, 2.24) is 15.1 Å². The molecule has 0 aliphatic heterocycles. The van der Waals surface area contributed by atoms with Gasteiger partial charge in [0, 0.05) is 11.3 Å². The number of benzene rings is 1. The lowest BCUT2D eigenvalue weighted by Crippen LogP contribution is -1.96. The van der Waals surface area contributed by atoms with Crippen LogP contribution in [-0.2, 0) is 0 Å². The van der Waals surface area contributed by atoms with Crippen LogP contribution >= 0.6 is 0 Å². The molecule has 0 N–H and O–H groups in total. The molecule has 0 atom stereocenters. The van der Waals surface area contributed by atoms with Gasteiger partial charge in [0.1, 0.15) is 0 Å². The lowest BCUT2D eigenvalue weighted by atomic mass is 10.1. The molecule has 0 saturated heterocycles. The molecule has 0 radical (unpaired) electrons. The highest BCUT2D eigenvalue weighted by Crippen LogP contribution is 2.41. The van der Waals surface area contributed by atoms with Gasteiger partial charge in [-0.15, -0.1) is 0 Å². The Bertz CT molecular complexity index is 898. The second-order valence-corrected chi connectivity index (χ2v) is 5.35. The van der Waals surface area contributed by atoms with Gasteiger partial charge in [-0.25, -0.2) is 4.98 Å². The Balaban J connectivity index is 2.06. The van der Waals surface area contributed by atoms with Crippen LogP contribution in [-0.4, -0.2) is 43.6 Å². The summed E-state index contributed by atoms with van der Waals surface area (Å²) in [6, 6.07) is 7.17. The van der Waals surface area contributed by atoms with Crippen molar-refractivity contribution >= 4 is 0 Å². The van der Waals surface area contributed by atoms with Gasteiger partial charge >= 0.3 is 0 Å². The summed E-state index contributed by atoms with van der Waals surface area (Å²) in [7, 11) is 6.18. The standard InChI is InChI=1S/C18H19N3O5/c1-10-6-7-12(18(19-10)25-5)16-20-17(26-21-16)11-8-13(22-2)15(24-4)14(9-11)23-3/h6-9H,1-5H3. The van der Waals surface area contributed by atoms with Crippen LogP contribution in [0.2, 0.25) is 0 Å². The number of aryl methyl sites for hydroxylation is 1. The number of pyridine rings is 1. The summed E-state index contributed by atoms with van der Waals surface area (Å²) < 4.78 is 26.8. The third kappa shape index (κ3) is 3.13. The van der Waals surface area contributed by atoms with Gasteiger partial charge in [0.25, 0.3) is 5.89 Å². The number of rotatable bonds is 6. The second kappa shape index (κ2) is 7.30. The van der Waals surface area contributed by atoms with Crippen molar-refractivity contribution in [2.45, 2.75) is 6.92 Å². The molecule has 3 aromatic rings.